The number of sulfonamides is 1. The highest BCUT2D eigenvalue weighted by molar-refractivity contribution is 7.92. The van der Waals surface area contributed by atoms with Gasteiger partial charge in [-0.25, -0.2) is 8.42 Å². The number of hydrogen-bond donors (Lipinski definition) is 1. The summed E-state index contributed by atoms with van der Waals surface area (Å²) < 4.78 is 30.3. The van der Waals surface area contributed by atoms with Crippen LogP contribution in [0.25, 0.3) is 0 Å². The van der Waals surface area contributed by atoms with E-state index in [1.807, 2.05) is 24.3 Å². The zero-order valence-electron chi connectivity index (χ0n) is 14.6. The van der Waals surface area contributed by atoms with Crippen molar-refractivity contribution in [3.8, 4) is 5.75 Å². The molecule has 0 spiro atoms. The minimum atomic E-state index is -3.65. The molecular weight excluding hydrogens is 376 g/mol. The van der Waals surface area contributed by atoms with Crippen molar-refractivity contribution in [2.24, 2.45) is 0 Å². The van der Waals surface area contributed by atoms with Crippen LogP contribution in [0.1, 0.15) is 5.56 Å². The van der Waals surface area contributed by atoms with Crippen LogP contribution >= 0.6 is 11.6 Å². The molecule has 0 heterocycles. The lowest BCUT2D eigenvalue weighted by molar-refractivity contribution is -0.119. The predicted molar refractivity (Wildman–Crippen MR) is 103 cm³/mol. The lowest BCUT2D eigenvalue weighted by atomic mass is 10.1. The molecule has 0 aliphatic heterocycles. The van der Waals surface area contributed by atoms with Gasteiger partial charge >= 0.3 is 0 Å². The first kappa shape index (κ1) is 20.1. The summed E-state index contributed by atoms with van der Waals surface area (Å²) in [4.78, 5) is 12.2. The Morgan fingerprint density at radius 1 is 1.19 bits per heavy atom. The Morgan fingerprint density at radius 2 is 1.92 bits per heavy atom. The van der Waals surface area contributed by atoms with Crippen molar-refractivity contribution in [2.75, 3.05) is 30.8 Å². The Hall–Kier alpha value is -2.25. The molecule has 1 amide bonds. The number of anilines is 1. The number of hydrogen-bond acceptors (Lipinski definition) is 4. The average Bonchev–Trinajstić information content (AvgIpc) is 2.60. The van der Waals surface area contributed by atoms with Crippen molar-refractivity contribution >= 4 is 33.2 Å². The van der Waals surface area contributed by atoms with E-state index in [4.69, 9.17) is 16.3 Å². The Kier molecular flexibility index (Phi) is 6.88. The van der Waals surface area contributed by atoms with E-state index >= 15 is 0 Å². The minimum absolute atomic E-state index is 0.266. The van der Waals surface area contributed by atoms with E-state index in [1.54, 1.807) is 31.4 Å². The fourth-order valence-electron chi connectivity index (χ4n) is 2.40. The van der Waals surface area contributed by atoms with E-state index in [2.05, 4.69) is 5.32 Å². The number of nitrogens with zero attached hydrogens (tertiary/aromatic N) is 1. The number of rotatable bonds is 8. The van der Waals surface area contributed by atoms with Crippen LogP contribution in [0.3, 0.4) is 0 Å². The first-order valence-corrected chi connectivity index (χ1v) is 10.2. The highest BCUT2D eigenvalue weighted by Gasteiger charge is 2.22. The molecule has 8 heteroatoms. The van der Waals surface area contributed by atoms with Crippen LogP contribution in [0.2, 0.25) is 5.02 Å². The molecular formula is C18H21ClN2O4S. The Morgan fingerprint density at radius 3 is 2.58 bits per heavy atom. The molecule has 2 aromatic rings. The van der Waals surface area contributed by atoms with Gasteiger partial charge in [0.15, 0.2) is 0 Å². The highest BCUT2D eigenvalue weighted by atomic mass is 35.5. The Bertz CT molecular complexity index is 871. The molecule has 0 radical (unpaired) electrons. The minimum Gasteiger partial charge on any atom is -0.497 e. The van der Waals surface area contributed by atoms with E-state index in [-0.39, 0.29) is 17.3 Å². The zero-order valence-corrected chi connectivity index (χ0v) is 16.2. The smallest absolute Gasteiger partial charge is 0.240 e. The summed E-state index contributed by atoms with van der Waals surface area (Å²) in [5, 5.41) is 3.00. The molecule has 6 nitrogen and oxygen atoms in total. The zero-order chi connectivity index (χ0) is 19.2. The summed E-state index contributed by atoms with van der Waals surface area (Å²) in [7, 11) is -2.06. The molecule has 0 aliphatic rings. The number of amides is 1. The standard InChI is InChI=1S/C18H21ClN2O4S/c1-25-15-7-5-6-14(12-15)10-11-20-18(22)13-21(26(2,23)24)17-9-4-3-8-16(17)19/h3-9,12H,10-11,13H2,1-2H3,(H,20,22). The van der Waals surface area contributed by atoms with Gasteiger partial charge in [0.05, 0.1) is 24.1 Å². The summed E-state index contributed by atoms with van der Waals surface area (Å²) in [5.41, 5.74) is 1.29. The summed E-state index contributed by atoms with van der Waals surface area (Å²) in [6.45, 7) is 0.0484. The fraction of sp³-hybridized carbons (Fsp3) is 0.278. The van der Waals surface area contributed by atoms with Crippen molar-refractivity contribution in [1.29, 1.82) is 0 Å². The van der Waals surface area contributed by atoms with Crippen LogP contribution < -0.4 is 14.4 Å². The molecule has 0 aliphatic carbocycles. The maximum atomic E-state index is 12.2. The molecule has 2 rings (SSSR count). The van der Waals surface area contributed by atoms with Crippen molar-refractivity contribution in [2.45, 2.75) is 6.42 Å². The number of carbonyl (C=O) groups excluding carboxylic acids is 1. The van der Waals surface area contributed by atoms with Gasteiger partial charge in [-0.1, -0.05) is 35.9 Å². The highest BCUT2D eigenvalue weighted by Crippen LogP contribution is 2.26. The van der Waals surface area contributed by atoms with Gasteiger partial charge in [-0.15, -0.1) is 0 Å². The molecule has 0 unspecified atom stereocenters. The second-order valence-corrected chi connectivity index (χ2v) is 7.99. The normalized spacial score (nSPS) is 11.0. The van der Waals surface area contributed by atoms with Crippen molar-refractivity contribution in [3.05, 3.63) is 59.1 Å². The van der Waals surface area contributed by atoms with E-state index in [0.29, 0.717) is 13.0 Å². The third-order valence-electron chi connectivity index (χ3n) is 3.68. The molecule has 140 valence electrons. The fourth-order valence-corrected chi connectivity index (χ4v) is 3.55. The van der Waals surface area contributed by atoms with Crippen molar-refractivity contribution in [1.82, 2.24) is 5.32 Å². The predicted octanol–water partition coefficient (Wildman–Crippen LogP) is 2.47. The quantitative estimate of drug-likeness (QED) is 0.743. The number of methoxy groups -OCH3 is 1. The lowest BCUT2D eigenvalue weighted by Crippen LogP contribution is -2.41. The molecule has 26 heavy (non-hydrogen) atoms. The van der Waals surface area contributed by atoms with Crippen LogP contribution in [0.15, 0.2) is 48.5 Å². The van der Waals surface area contributed by atoms with Crippen LogP contribution in [0.5, 0.6) is 5.75 Å². The molecule has 0 aromatic heterocycles. The van der Waals surface area contributed by atoms with Crippen molar-refractivity contribution < 1.29 is 17.9 Å². The van der Waals surface area contributed by atoms with Crippen LogP contribution in [0.4, 0.5) is 5.69 Å². The molecule has 0 saturated heterocycles. The maximum absolute atomic E-state index is 12.2. The number of carbonyl (C=O) groups is 1. The molecule has 0 fully saturated rings. The van der Waals surface area contributed by atoms with E-state index in [0.717, 1.165) is 21.9 Å². The Labute approximate surface area is 158 Å². The topological polar surface area (TPSA) is 75.7 Å². The average molecular weight is 397 g/mol. The van der Waals surface area contributed by atoms with Gasteiger partial charge < -0.3 is 10.1 Å². The monoisotopic (exact) mass is 396 g/mol. The SMILES string of the molecule is COc1cccc(CCNC(=O)CN(c2ccccc2Cl)S(C)(=O)=O)c1. The first-order valence-electron chi connectivity index (χ1n) is 7.93. The number of ether oxygens (including phenoxy) is 1. The molecule has 2 aromatic carbocycles. The van der Waals surface area contributed by atoms with Gasteiger partial charge in [-0.2, -0.15) is 0 Å². The van der Waals surface area contributed by atoms with Gasteiger partial charge in [0.1, 0.15) is 12.3 Å². The van der Waals surface area contributed by atoms with Crippen molar-refractivity contribution in [3.63, 3.8) is 0 Å². The summed E-state index contributed by atoms with van der Waals surface area (Å²) in [6.07, 6.45) is 1.65. The second kappa shape index (κ2) is 8.91. The Balaban J connectivity index is 1.98. The molecule has 1 N–H and O–H groups in total. The number of benzene rings is 2. The van der Waals surface area contributed by atoms with Gasteiger partial charge in [-0.05, 0) is 36.2 Å². The third kappa shape index (κ3) is 5.64. The van der Waals surface area contributed by atoms with Gasteiger partial charge in [0.2, 0.25) is 15.9 Å². The van der Waals surface area contributed by atoms with Gasteiger partial charge in [-0.3, -0.25) is 9.10 Å². The maximum Gasteiger partial charge on any atom is 0.240 e. The number of halogens is 1. The second-order valence-electron chi connectivity index (χ2n) is 5.67. The summed E-state index contributed by atoms with van der Waals surface area (Å²) >= 11 is 6.07. The van der Waals surface area contributed by atoms with E-state index in [1.165, 1.54) is 0 Å². The van der Waals surface area contributed by atoms with Crippen LogP contribution in [-0.2, 0) is 21.2 Å². The van der Waals surface area contributed by atoms with Gasteiger partial charge in [0.25, 0.3) is 0 Å². The molecule has 0 bridgehead atoms. The number of para-hydroxylation sites is 1. The first-order chi connectivity index (χ1) is 12.3. The third-order valence-corrected chi connectivity index (χ3v) is 5.12. The van der Waals surface area contributed by atoms with Gasteiger partial charge in [0, 0.05) is 6.54 Å². The summed E-state index contributed by atoms with van der Waals surface area (Å²) in [5.74, 6) is 0.342. The lowest BCUT2D eigenvalue weighted by Gasteiger charge is -2.22. The largest absolute Gasteiger partial charge is 0.497 e. The van der Waals surface area contributed by atoms with Crippen LogP contribution in [-0.4, -0.2) is 40.8 Å². The molecule has 0 saturated carbocycles. The van der Waals surface area contributed by atoms with Crippen LogP contribution in [0, 0.1) is 0 Å². The number of nitrogens with one attached hydrogen (secondary N) is 1. The molecule has 0 atom stereocenters. The van der Waals surface area contributed by atoms with E-state index < -0.39 is 15.9 Å². The summed E-state index contributed by atoms with van der Waals surface area (Å²) in [6, 6.07) is 14.0. The van der Waals surface area contributed by atoms with E-state index in [9.17, 15) is 13.2 Å².